The summed E-state index contributed by atoms with van der Waals surface area (Å²) in [4.78, 5) is 10.9. The molecule has 1 unspecified atom stereocenters. The van der Waals surface area contributed by atoms with Crippen LogP contribution in [0, 0.1) is 5.92 Å². The molecule has 0 fully saturated rings. The van der Waals surface area contributed by atoms with E-state index in [1.165, 1.54) is 10.9 Å². The lowest BCUT2D eigenvalue weighted by Gasteiger charge is -2.07. The molecule has 1 aromatic rings. The van der Waals surface area contributed by atoms with E-state index in [1.807, 2.05) is 6.92 Å². The first-order valence-electron chi connectivity index (χ1n) is 3.94. The second-order valence-electron chi connectivity index (χ2n) is 2.93. The molecule has 0 aliphatic rings. The van der Waals surface area contributed by atoms with Gasteiger partial charge in [0.05, 0.1) is 0 Å². The molecule has 1 rings (SSSR count). The maximum Gasteiger partial charge on any atom is 0.343 e. The van der Waals surface area contributed by atoms with E-state index < -0.39 is 0 Å². The van der Waals surface area contributed by atoms with Crippen molar-refractivity contribution < 1.29 is 5.11 Å². The average Bonchev–Trinajstić information content (AvgIpc) is 2.37. The van der Waals surface area contributed by atoms with Gasteiger partial charge >= 0.3 is 5.69 Å². The van der Waals surface area contributed by atoms with Gasteiger partial charge in [0.1, 0.15) is 6.33 Å². The molecule has 0 amide bonds. The van der Waals surface area contributed by atoms with Crippen LogP contribution in [-0.4, -0.2) is 26.5 Å². The smallest absolute Gasteiger partial charge is 0.343 e. The number of aromatic nitrogens is 3. The van der Waals surface area contributed by atoms with Crippen LogP contribution in [0.25, 0.3) is 0 Å². The fourth-order valence-corrected chi connectivity index (χ4v) is 1.05. The molecule has 0 spiro atoms. The van der Waals surface area contributed by atoms with Gasteiger partial charge in [0.15, 0.2) is 0 Å². The quantitative estimate of drug-likeness (QED) is 0.647. The summed E-state index contributed by atoms with van der Waals surface area (Å²) in [5, 5.41) is 14.5. The minimum Gasteiger partial charge on any atom is -0.396 e. The van der Waals surface area contributed by atoms with Crippen molar-refractivity contribution in [2.45, 2.75) is 19.9 Å². The van der Waals surface area contributed by atoms with E-state index in [0.29, 0.717) is 18.9 Å². The van der Waals surface area contributed by atoms with Crippen LogP contribution in [0.5, 0.6) is 0 Å². The highest BCUT2D eigenvalue weighted by molar-refractivity contribution is 4.65. The van der Waals surface area contributed by atoms with Crippen molar-refractivity contribution >= 4 is 0 Å². The Balaban J connectivity index is 2.52. The van der Waals surface area contributed by atoms with Crippen LogP contribution in [0.15, 0.2) is 11.1 Å². The van der Waals surface area contributed by atoms with Crippen LogP contribution in [0.3, 0.4) is 0 Å². The van der Waals surface area contributed by atoms with Gasteiger partial charge in [-0.3, -0.25) is 4.57 Å². The minimum atomic E-state index is -0.195. The molecule has 1 heterocycles. The van der Waals surface area contributed by atoms with Crippen molar-refractivity contribution in [3.8, 4) is 0 Å². The van der Waals surface area contributed by atoms with E-state index >= 15 is 0 Å². The van der Waals surface area contributed by atoms with Crippen LogP contribution in [0.2, 0.25) is 0 Å². The number of nitrogens with zero attached hydrogens (tertiary/aromatic N) is 2. The summed E-state index contributed by atoms with van der Waals surface area (Å²) in [6.07, 6.45) is 2.17. The zero-order chi connectivity index (χ0) is 8.97. The van der Waals surface area contributed by atoms with Crippen molar-refractivity contribution in [2.75, 3.05) is 6.61 Å². The number of aliphatic hydroxyl groups is 1. The molecule has 0 aromatic carbocycles. The second-order valence-corrected chi connectivity index (χ2v) is 2.93. The predicted molar refractivity (Wildman–Crippen MR) is 43.7 cm³/mol. The SMILES string of the molecule is CC(CCO)Cn1cn[nH]c1=O. The molecule has 5 heteroatoms. The summed E-state index contributed by atoms with van der Waals surface area (Å²) >= 11 is 0. The Morgan fingerprint density at radius 2 is 2.58 bits per heavy atom. The highest BCUT2D eigenvalue weighted by Gasteiger charge is 2.04. The molecule has 2 N–H and O–H groups in total. The third-order valence-electron chi connectivity index (χ3n) is 1.75. The third kappa shape index (κ3) is 2.20. The molecule has 1 aromatic heterocycles. The maximum absolute atomic E-state index is 10.9. The third-order valence-corrected chi connectivity index (χ3v) is 1.75. The average molecular weight is 171 g/mol. The van der Waals surface area contributed by atoms with E-state index in [1.54, 1.807) is 0 Å². The number of rotatable bonds is 4. The second kappa shape index (κ2) is 4.06. The number of hydrogen-bond acceptors (Lipinski definition) is 3. The summed E-state index contributed by atoms with van der Waals surface area (Å²) in [6.45, 7) is 2.75. The fraction of sp³-hybridized carbons (Fsp3) is 0.714. The van der Waals surface area contributed by atoms with Crippen LogP contribution in [0.4, 0.5) is 0 Å². The van der Waals surface area contributed by atoms with Crippen LogP contribution in [-0.2, 0) is 6.54 Å². The van der Waals surface area contributed by atoms with Crippen molar-refractivity contribution in [2.24, 2.45) is 5.92 Å². The molecule has 1 atom stereocenters. The number of H-pyrrole nitrogens is 1. The summed E-state index contributed by atoms with van der Waals surface area (Å²) in [5.41, 5.74) is -0.195. The Bertz CT molecular complexity index is 278. The lowest BCUT2D eigenvalue weighted by molar-refractivity contribution is 0.253. The summed E-state index contributed by atoms with van der Waals surface area (Å²) in [5.74, 6) is 0.297. The first-order chi connectivity index (χ1) is 5.74. The van der Waals surface area contributed by atoms with Gasteiger partial charge in [0, 0.05) is 13.2 Å². The van der Waals surface area contributed by atoms with E-state index in [2.05, 4.69) is 10.2 Å². The highest BCUT2D eigenvalue weighted by Crippen LogP contribution is 2.01. The molecule has 0 radical (unpaired) electrons. The van der Waals surface area contributed by atoms with E-state index in [0.717, 1.165) is 0 Å². The van der Waals surface area contributed by atoms with Gasteiger partial charge in [0.25, 0.3) is 0 Å². The minimum absolute atomic E-state index is 0.160. The molecular formula is C7H13N3O2. The van der Waals surface area contributed by atoms with Crippen molar-refractivity contribution in [1.29, 1.82) is 0 Å². The van der Waals surface area contributed by atoms with E-state index in [4.69, 9.17) is 5.11 Å². The molecule has 0 saturated heterocycles. The standard InChI is InChI=1S/C7H13N3O2/c1-6(2-3-11)4-10-5-8-9-7(10)12/h5-6,11H,2-4H2,1H3,(H,9,12). The zero-order valence-electron chi connectivity index (χ0n) is 7.03. The Hall–Kier alpha value is -1.10. The summed E-state index contributed by atoms with van der Waals surface area (Å²) < 4.78 is 1.50. The first-order valence-corrected chi connectivity index (χ1v) is 3.94. The van der Waals surface area contributed by atoms with Crippen molar-refractivity contribution in [3.63, 3.8) is 0 Å². The van der Waals surface area contributed by atoms with Crippen molar-refractivity contribution in [1.82, 2.24) is 14.8 Å². The van der Waals surface area contributed by atoms with E-state index in [-0.39, 0.29) is 12.3 Å². The molecular weight excluding hydrogens is 158 g/mol. The maximum atomic E-state index is 10.9. The molecule has 12 heavy (non-hydrogen) atoms. The van der Waals surface area contributed by atoms with E-state index in [9.17, 15) is 4.79 Å². The van der Waals surface area contributed by atoms with Crippen LogP contribution in [0.1, 0.15) is 13.3 Å². The lowest BCUT2D eigenvalue weighted by atomic mass is 10.1. The molecule has 5 nitrogen and oxygen atoms in total. The molecule has 0 bridgehead atoms. The fourth-order valence-electron chi connectivity index (χ4n) is 1.05. The van der Waals surface area contributed by atoms with Gasteiger partial charge in [-0.1, -0.05) is 6.92 Å². The van der Waals surface area contributed by atoms with Gasteiger partial charge in [-0.05, 0) is 12.3 Å². The highest BCUT2D eigenvalue weighted by atomic mass is 16.3. The van der Waals surface area contributed by atoms with Gasteiger partial charge in [0.2, 0.25) is 0 Å². The van der Waals surface area contributed by atoms with Crippen LogP contribution < -0.4 is 5.69 Å². The largest absolute Gasteiger partial charge is 0.396 e. The number of nitrogens with one attached hydrogen (secondary N) is 1. The van der Waals surface area contributed by atoms with Gasteiger partial charge in [-0.2, -0.15) is 5.10 Å². The summed E-state index contributed by atoms with van der Waals surface area (Å²) in [7, 11) is 0. The molecule has 68 valence electrons. The normalized spacial score (nSPS) is 13.2. The Kier molecular flexibility index (Phi) is 3.04. The van der Waals surface area contributed by atoms with Crippen molar-refractivity contribution in [3.05, 3.63) is 16.8 Å². The number of aliphatic hydroxyl groups excluding tert-OH is 1. The van der Waals surface area contributed by atoms with Gasteiger partial charge < -0.3 is 5.11 Å². The first kappa shape index (κ1) is 8.99. The summed E-state index contributed by atoms with van der Waals surface area (Å²) in [6, 6.07) is 0. The van der Waals surface area contributed by atoms with Gasteiger partial charge in [-0.25, -0.2) is 9.89 Å². The zero-order valence-corrected chi connectivity index (χ0v) is 7.03. The van der Waals surface area contributed by atoms with Gasteiger partial charge in [-0.15, -0.1) is 0 Å². The molecule has 0 aliphatic carbocycles. The van der Waals surface area contributed by atoms with Crippen LogP contribution >= 0.6 is 0 Å². The molecule has 0 aliphatic heterocycles. The monoisotopic (exact) mass is 171 g/mol. The molecule has 0 saturated carbocycles. The Morgan fingerprint density at radius 3 is 3.08 bits per heavy atom. The lowest BCUT2D eigenvalue weighted by Crippen LogP contribution is -2.20. The Morgan fingerprint density at radius 1 is 1.83 bits per heavy atom. The Labute approximate surface area is 70.0 Å². The number of hydrogen-bond donors (Lipinski definition) is 2. The topological polar surface area (TPSA) is 70.9 Å². The number of aromatic amines is 1. The predicted octanol–water partition coefficient (Wildman–Crippen LogP) is -0.410.